The Morgan fingerprint density at radius 2 is 1.37 bits per heavy atom. The summed E-state index contributed by atoms with van der Waals surface area (Å²) in [7, 11) is 0. The van der Waals surface area contributed by atoms with Crippen molar-refractivity contribution < 1.29 is 0 Å². The molecule has 2 atom stereocenters. The van der Waals surface area contributed by atoms with E-state index in [2.05, 4.69) is 170 Å². The molecular formula is C47H34N2S2. The van der Waals surface area contributed by atoms with Crippen molar-refractivity contribution >= 4 is 59.7 Å². The molecule has 11 rings (SSSR count). The van der Waals surface area contributed by atoms with Gasteiger partial charge in [-0.15, -0.1) is 11.3 Å². The van der Waals surface area contributed by atoms with Crippen molar-refractivity contribution in [2.24, 2.45) is 0 Å². The molecule has 0 fully saturated rings. The van der Waals surface area contributed by atoms with Crippen LogP contribution in [-0.4, -0.2) is 0 Å². The van der Waals surface area contributed by atoms with Crippen LogP contribution in [0.3, 0.4) is 0 Å². The van der Waals surface area contributed by atoms with E-state index in [1.807, 2.05) is 23.1 Å². The monoisotopic (exact) mass is 690 g/mol. The maximum atomic E-state index is 3.98. The van der Waals surface area contributed by atoms with Gasteiger partial charge >= 0.3 is 0 Å². The maximum Gasteiger partial charge on any atom is 0.104 e. The molecule has 2 aliphatic heterocycles. The van der Waals surface area contributed by atoms with Crippen molar-refractivity contribution in [2.45, 2.75) is 36.4 Å². The number of rotatable bonds is 3. The summed E-state index contributed by atoms with van der Waals surface area (Å²) in [6.07, 6.45) is -0.00186. The topological polar surface area (TPSA) is 24.1 Å². The average molecular weight is 691 g/mol. The first kappa shape index (κ1) is 29.6. The molecule has 8 aromatic rings. The van der Waals surface area contributed by atoms with E-state index in [1.165, 1.54) is 96.5 Å². The highest BCUT2D eigenvalue weighted by molar-refractivity contribution is 8.03. The molecule has 2 unspecified atom stereocenters. The van der Waals surface area contributed by atoms with Crippen LogP contribution in [0.15, 0.2) is 155 Å². The summed E-state index contributed by atoms with van der Waals surface area (Å²) >= 11 is 3.80. The molecular weight excluding hydrogens is 657 g/mol. The number of fused-ring (bicyclic) bond motifs is 10. The van der Waals surface area contributed by atoms with E-state index in [1.54, 1.807) is 0 Å². The van der Waals surface area contributed by atoms with E-state index in [9.17, 15) is 0 Å². The minimum absolute atomic E-state index is 0.00186. The average Bonchev–Trinajstić information content (AvgIpc) is 3.82. The fourth-order valence-corrected chi connectivity index (χ4v) is 11.3. The highest BCUT2D eigenvalue weighted by Crippen LogP contribution is 2.57. The van der Waals surface area contributed by atoms with Gasteiger partial charge in [0.25, 0.3) is 0 Å². The number of thiophene rings is 1. The number of thioether (sulfide) groups is 1. The van der Waals surface area contributed by atoms with Crippen LogP contribution in [0.25, 0.3) is 58.9 Å². The summed E-state index contributed by atoms with van der Waals surface area (Å²) in [5.41, 5.74) is 13.1. The van der Waals surface area contributed by atoms with Gasteiger partial charge in [0.15, 0.2) is 0 Å². The van der Waals surface area contributed by atoms with Gasteiger partial charge in [-0.3, -0.25) is 5.32 Å². The molecule has 0 spiro atoms. The van der Waals surface area contributed by atoms with E-state index >= 15 is 0 Å². The SMILES string of the molecule is CC1(C)c2cc(C3=C4Sc5ccccc5C4NC(c4ccccc4)N3)ccc2-c2c1cc1ccccc1c2-c1cccc2sc3ccccc3c12. The molecule has 3 heterocycles. The molecule has 0 radical (unpaired) electrons. The summed E-state index contributed by atoms with van der Waals surface area (Å²) in [6.45, 7) is 4.84. The van der Waals surface area contributed by atoms with Crippen molar-refractivity contribution in [3.8, 4) is 22.3 Å². The Hall–Kier alpha value is -5.13. The van der Waals surface area contributed by atoms with Gasteiger partial charge in [0.2, 0.25) is 0 Å². The second kappa shape index (κ2) is 10.9. The molecule has 0 saturated carbocycles. The number of benzene rings is 7. The quantitative estimate of drug-likeness (QED) is 0.193. The van der Waals surface area contributed by atoms with Gasteiger partial charge in [-0.2, -0.15) is 0 Å². The maximum absolute atomic E-state index is 3.98. The minimum Gasteiger partial charge on any atom is -0.365 e. The Morgan fingerprint density at radius 1 is 0.608 bits per heavy atom. The highest BCUT2D eigenvalue weighted by Gasteiger charge is 2.41. The second-order valence-corrected chi connectivity index (χ2v) is 16.7. The molecule has 1 aromatic heterocycles. The zero-order valence-electron chi connectivity index (χ0n) is 28.3. The first-order valence-corrected chi connectivity index (χ1v) is 19.4. The number of nitrogens with one attached hydrogen (secondary N) is 2. The van der Waals surface area contributed by atoms with Crippen molar-refractivity contribution in [1.82, 2.24) is 10.6 Å². The van der Waals surface area contributed by atoms with Crippen LogP contribution in [0.2, 0.25) is 0 Å². The molecule has 2 nitrogen and oxygen atoms in total. The fourth-order valence-electron chi connectivity index (χ4n) is 8.93. The highest BCUT2D eigenvalue weighted by atomic mass is 32.2. The van der Waals surface area contributed by atoms with E-state index in [4.69, 9.17) is 0 Å². The molecule has 2 N–H and O–H groups in total. The largest absolute Gasteiger partial charge is 0.365 e. The zero-order chi connectivity index (χ0) is 33.8. The standard InChI is InChI=1S/C47H34N2S2/c1-47(2)35-26-29(43-45-44(33-18-9-11-21-38(33)51-45)49-46(48-43)27-13-4-3-5-14-27)23-24-31(35)42-36(47)25-28-15-6-7-16-30(28)41(42)34-19-12-22-39-40(34)32-17-8-10-20-37(32)50-39/h3-26,44,46,48-49H,1-2H3. The summed E-state index contributed by atoms with van der Waals surface area (Å²) in [5.74, 6) is 0. The van der Waals surface area contributed by atoms with Crippen molar-refractivity contribution in [3.05, 3.63) is 178 Å². The van der Waals surface area contributed by atoms with E-state index in [-0.39, 0.29) is 17.6 Å². The van der Waals surface area contributed by atoms with Gasteiger partial charge in [0.1, 0.15) is 6.17 Å². The zero-order valence-corrected chi connectivity index (χ0v) is 30.0. The van der Waals surface area contributed by atoms with E-state index in [0.717, 1.165) is 0 Å². The molecule has 4 heteroatoms. The van der Waals surface area contributed by atoms with E-state index < -0.39 is 0 Å². The lowest BCUT2D eigenvalue weighted by molar-refractivity contribution is 0.439. The Labute approximate surface area is 305 Å². The summed E-state index contributed by atoms with van der Waals surface area (Å²) in [5, 5.41) is 13.2. The molecule has 0 saturated heterocycles. The lowest BCUT2D eigenvalue weighted by Gasteiger charge is -2.34. The fraction of sp³-hybridized carbons (Fsp3) is 0.106. The third-order valence-corrected chi connectivity index (χ3v) is 13.7. The van der Waals surface area contributed by atoms with Gasteiger partial charge in [-0.25, -0.2) is 0 Å². The Morgan fingerprint density at radius 3 is 2.27 bits per heavy atom. The van der Waals surface area contributed by atoms with Gasteiger partial charge in [0, 0.05) is 35.4 Å². The molecule has 7 aromatic carbocycles. The minimum atomic E-state index is -0.188. The molecule has 0 amide bonds. The normalized spacial score (nSPS) is 18.5. The lowest BCUT2D eigenvalue weighted by Crippen LogP contribution is -2.40. The van der Waals surface area contributed by atoms with Gasteiger partial charge < -0.3 is 5.32 Å². The van der Waals surface area contributed by atoms with Gasteiger partial charge in [-0.05, 0) is 91.2 Å². The third-order valence-electron chi connectivity index (χ3n) is 11.4. The van der Waals surface area contributed by atoms with Crippen LogP contribution in [0, 0.1) is 0 Å². The van der Waals surface area contributed by atoms with Crippen molar-refractivity contribution in [3.63, 3.8) is 0 Å². The second-order valence-electron chi connectivity index (χ2n) is 14.5. The Balaban J connectivity index is 1.14. The number of hydrogen-bond donors (Lipinski definition) is 2. The van der Waals surface area contributed by atoms with Crippen LogP contribution in [-0.2, 0) is 5.41 Å². The van der Waals surface area contributed by atoms with Crippen LogP contribution >= 0.6 is 23.1 Å². The summed E-state index contributed by atoms with van der Waals surface area (Å²) in [4.78, 5) is 2.68. The predicted octanol–water partition coefficient (Wildman–Crippen LogP) is 12.6. The molecule has 51 heavy (non-hydrogen) atoms. The third kappa shape index (κ3) is 4.28. The van der Waals surface area contributed by atoms with Crippen LogP contribution in [0.4, 0.5) is 0 Å². The van der Waals surface area contributed by atoms with Crippen LogP contribution in [0.1, 0.15) is 53.9 Å². The summed E-state index contributed by atoms with van der Waals surface area (Å²) < 4.78 is 2.68. The summed E-state index contributed by atoms with van der Waals surface area (Å²) in [6, 6.07) is 54.3. The molecule has 3 aliphatic rings. The van der Waals surface area contributed by atoms with Gasteiger partial charge in [-0.1, -0.05) is 141 Å². The molecule has 244 valence electrons. The van der Waals surface area contributed by atoms with Crippen LogP contribution in [0.5, 0.6) is 0 Å². The Kier molecular flexibility index (Phi) is 6.34. The molecule has 0 bridgehead atoms. The number of hydrogen-bond acceptors (Lipinski definition) is 4. The van der Waals surface area contributed by atoms with Crippen molar-refractivity contribution in [2.75, 3.05) is 0 Å². The lowest BCUT2D eigenvalue weighted by atomic mass is 9.80. The first-order chi connectivity index (χ1) is 25.0. The van der Waals surface area contributed by atoms with E-state index in [0.29, 0.717) is 0 Å². The predicted molar refractivity (Wildman–Crippen MR) is 217 cm³/mol. The first-order valence-electron chi connectivity index (χ1n) is 17.8. The van der Waals surface area contributed by atoms with Crippen LogP contribution < -0.4 is 10.6 Å². The molecule has 1 aliphatic carbocycles. The van der Waals surface area contributed by atoms with Crippen molar-refractivity contribution in [1.29, 1.82) is 0 Å². The van der Waals surface area contributed by atoms with Gasteiger partial charge in [0.05, 0.1) is 11.7 Å². The Bertz CT molecular complexity index is 2770. The smallest absolute Gasteiger partial charge is 0.104 e.